The molecule has 0 heterocycles. The second kappa shape index (κ2) is 14.8. The summed E-state index contributed by atoms with van der Waals surface area (Å²) in [6, 6.07) is 21.2. The van der Waals surface area contributed by atoms with Crippen molar-refractivity contribution in [2.45, 2.75) is 51.2 Å². The number of phenols is 2. The minimum atomic E-state index is -1.20. The summed E-state index contributed by atoms with van der Waals surface area (Å²) in [6.07, 6.45) is 4.90. The van der Waals surface area contributed by atoms with E-state index in [9.17, 15) is 10.2 Å². The molecule has 0 radical (unpaired) electrons. The summed E-state index contributed by atoms with van der Waals surface area (Å²) in [5.41, 5.74) is 1.77. The summed E-state index contributed by atoms with van der Waals surface area (Å²) < 4.78 is 16.2. The normalized spacial score (nSPS) is 15.1. The number of rotatable bonds is 14. The number of hydrogen-bond donors (Lipinski definition) is 2. The Bertz CT molecular complexity index is 1420. The van der Waals surface area contributed by atoms with E-state index in [2.05, 4.69) is 17.1 Å². The van der Waals surface area contributed by atoms with Crippen LogP contribution >= 0.6 is 13.7 Å². The first-order valence-corrected chi connectivity index (χ1v) is 18.1. The van der Waals surface area contributed by atoms with Crippen molar-refractivity contribution in [1.82, 2.24) is 9.56 Å². The average Bonchev–Trinajstić information content (AvgIpc) is 3.00. The summed E-state index contributed by atoms with van der Waals surface area (Å²) in [6.45, 7) is 5.70. The molecule has 0 fully saturated rings. The fourth-order valence-corrected chi connectivity index (χ4v) is 7.38. The van der Waals surface area contributed by atoms with Gasteiger partial charge >= 0.3 is 13.7 Å². The third-order valence-electron chi connectivity index (χ3n) is 6.68. The van der Waals surface area contributed by atoms with E-state index in [1.54, 1.807) is 70.5 Å². The van der Waals surface area contributed by atoms with E-state index >= 15 is 0 Å². The summed E-state index contributed by atoms with van der Waals surface area (Å²) in [5, 5.41) is 26.9. The molecule has 0 saturated heterocycles. The molecule has 3 rings (SSSR count). The first-order valence-electron chi connectivity index (χ1n) is 13.4. The van der Waals surface area contributed by atoms with Crippen LogP contribution in [-0.2, 0) is 23.6 Å². The van der Waals surface area contributed by atoms with Crippen LogP contribution in [0.3, 0.4) is 0 Å². The highest BCUT2D eigenvalue weighted by Gasteiger charge is 2.46. The molecule has 3 aromatic carbocycles. The van der Waals surface area contributed by atoms with E-state index in [1.165, 1.54) is 0 Å². The van der Waals surface area contributed by atoms with E-state index in [0.717, 1.165) is 11.1 Å². The van der Waals surface area contributed by atoms with Crippen LogP contribution in [0.1, 0.15) is 51.7 Å². The third-order valence-corrected chi connectivity index (χ3v) is 14.1. The Kier molecular flexibility index (Phi) is 11.8. The van der Waals surface area contributed by atoms with Gasteiger partial charge in [0.05, 0.1) is 26.5 Å². The van der Waals surface area contributed by atoms with Crippen molar-refractivity contribution in [3.05, 3.63) is 83.9 Å². The van der Waals surface area contributed by atoms with Gasteiger partial charge in [-0.05, 0) is 83.9 Å². The Labute approximate surface area is 260 Å². The molecule has 0 aliphatic carbocycles. The molecule has 0 amide bonds. The quantitative estimate of drug-likeness (QED) is 0.105. The Morgan fingerprint density at radius 3 is 1.33 bits per heavy atom. The maximum absolute atomic E-state index is 9.56. The molecule has 0 aliphatic heterocycles. The number of nitrogens with zero attached hydrogens (tertiary/aromatic N) is 4. The van der Waals surface area contributed by atoms with Gasteiger partial charge in [0.15, 0.2) is 23.6 Å². The summed E-state index contributed by atoms with van der Waals surface area (Å²) in [7, 11) is 3.72. The Morgan fingerprint density at radius 1 is 0.667 bits per heavy atom. The van der Waals surface area contributed by atoms with Crippen molar-refractivity contribution in [2.75, 3.05) is 14.1 Å². The van der Waals surface area contributed by atoms with Gasteiger partial charge in [0, 0.05) is 26.7 Å². The highest BCUT2D eigenvalue weighted by Crippen LogP contribution is 2.46. The van der Waals surface area contributed by atoms with E-state index in [0.29, 0.717) is 24.3 Å². The van der Waals surface area contributed by atoms with Crippen molar-refractivity contribution in [3.8, 4) is 23.0 Å². The zero-order valence-electron chi connectivity index (χ0n) is 24.7. The second-order valence-corrected chi connectivity index (χ2v) is 16.1. The third kappa shape index (κ3) is 8.92. The molecular weight excluding hydrogens is 606 g/mol. The lowest BCUT2D eigenvalue weighted by Crippen LogP contribution is -2.30. The molecule has 222 valence electrons. The average molecular weight is 645 g/mol. The van der Waals surface area contributed by atoms with Crippen LogP contribution in [0.5, 0.6) is 23.0 Å². The molecule has 4 unspecified atom stereocenters. The zero-order valence-corrected chi connectivity index (χ0v) is 28.1. The molecule has 12 heteroatoms. The van der Waals surface area contributed by atoms with E-state index in [1.807, 2.05) is 59.1 Å². The van der Waals surface area contributed by atoms with Gasteiger partial charge in [-0.15, -0.1) is 19.8 Å². The Morgan fingerprint density at radius 2 is 0.976 bits per heavy atom. The van der Waals surface area contributed by atoms with Crippen molar-refractivity contribution >= 4 is 49.7 Å². The van der Waals surface area contributed by atoms with Crippen LogP contribution in [0.15, 0.2) is 83.0 Å². The first-order chi connectivity index (χ1) is 19.9. The van der Waals surface area contributed by atoms with Crippen molar-refractivity contribution in [3.63, 3.8) is 0 Å². The zero-order chi connectivity index (χ0) is 30.9. The molecule has 0 aromatic heterocycles. The van der Waals surface area contributed by atoms with Crippen LogP contribution in [0.2, 0.25) is 0 Å². The van der Waals surface area contributed by atoms with Gasteiger partial charge in [-0.3, -0.25) is 0 Å². The van der Waals surface area contributed by atoms with Crippen molar-refractivity contribution < 1.29 is 19.7 Å². The Balaban J connectivity index is 1.63. The molecule has 3 aromatic rings. The summed E-state index contributed by atoms with van der Waals surface area (Å²) >= 11 is 11.8. The number of ether oxygens (including phenoxy) is 2. The van der Waals surface area contributed by atoms with Crippen LogP contribution in [0, 0.1) is 0 Å². The molecule has 0 saturated carbocycles. The van der Waals surface area contributed by atoms with E-state index < -0.39 is 24.4 Å². The van der Waals surface area contributed by atoms with Crippen LogP contribution in [-0.4, -0.2) is 57.0 Å². The minimum Gasteiger partial charge on any atom is -0.508 e. The predicted molar refractivity (Wildman–Crippen MR) is 181 cm³/mol. The lowest BCUT2D eigenvalue weighted by Gasteiger charge is -2.23. The molecule has 0 aliphatic rings. The van der Waals surface area contributed by atoms with E-state index in [-0.39, 0.29) is 11.5 Å². The fraction of sp³-hybridized carbons (Fsp3) is 0.333. The largest absolute Gasteiger partial charge is 0.508 e. The summed E-state index contributed by atoms with van der Waals surface area (Å²) in [5.74, 6) is 1.76. The van der Waals surface area contributed by atoms with Gasteiger partial charge in [-0.1, -0.05) is 13.8 Å². The van der Waals surface area contributed by atoms with Gasteiger partial charge in [0.25, 0.3) is 10.7 Å². The molecule has 42 heavy (non-hydrogen) atoms. The van der Waals surface area contributed by atoms with Gasteiger partial charge in [-0.25, -0.2) is 0 Å². The summed E-state index contributed by atoms with van der Waals surface area (Å²) in [4.78, 5) is 0. The highest BCUT2D eigenvalue weighted by atomic mass is 32.4. The maximum atomic E-state index is 9.56. The van der Waals surface area contributed by atoms with Crippen molar-refractivity contribution in [1.29, 1.82) is 0 Å². The monoisotopic (exact) mass is 644 g/mol. The number of hydrazone groups is 2. The fourth-order valence-electron chi connectivity index (χ4n) is 3.70. The maximum Gasteiger partial charge on any atom is 0.358 e. The number of phenolic OH excluding ortho intramolecular Hbond substituents is 2. The van der Waals surface area contributed by atoms with Crippen molar-refractivity contribution in [2.24, 2.45) is 10.2 Å². The number of aromatic hydroxyl groups is 2. The van der Waals surface area contributed by atoms with Crippen LogP contribution < -0.4 is 9.47 Å². The topological polar surface area (TPSA) is 90.1 Å². The molecule has 0 spiro atoms. The molecule has 4 atom stereocenters. The number of benzene rings is 3. The van der Waals surface area contributed by atoms with Gasteiger partial charge in [0.1, 0.15) is 23.0 Å². The van der Waals surface area contributed by atoms with E-state index in [4.69, 9.17) is 33.1 Å². The molecule has 2 N–H and O–H groups in total. The van der Waals surface area contributed by atoms with Crippen LogP contribution in [0.4, 0.5) is 0 Å². The lowest BCUT2D eigenvalue weighted by atomic mass is 10.2. The standard InChI is InChI=1S/C30H36N4O4P2S2/c1-7-29(3,39(41)33(5)31-21-23-9-13-25(35)14-10-23)37-27-17-11-24(12-18-27)22-32-34(6)40(42)30(4,8-2)38-28-19-15-26(36)16-20-28/h9-22H,7-8H2,1-6H3/p+2. The molecule has 0 bridgehead atoms. The number of hydrogen-bond acceptors (Lipinski definition) is 8. The predicted octanol–water partition coefficient (Wildman–Crippen LogP) is 7.76. The minimum absolute atomic E-state index is 0.187. The van der Waals surface area contributed by atoms with Gasteiger partial charge in [-0.2, -0.15) is 0 Å². The Hall–Kier alpha value is -3.16. The van der Waals surface area contributed by atoms with Crippen LogP contribution in [0.25, 0.3) is 0 Å². The lowest BCUT2D eigenvalue weighted by molar-refractivity contribution is 0.171. The van der Waals surface area contributed by atoms with Gasteiger partial charge < -0.3 is 19.7 Å². The molecule has 8 nitrogen and oxygen atoms in total. The molecular formula is C30H38N4O4P2S2+2. The second-order valence-electron chi connectivity index (χ2n) is 9.93. The SMILES string of the molecule is CCC(C)(Oc1ccc(O)cc1)[P+](=S)N(C)N=Cc1ccc(OC(C)(CC)[P+](=S)N(C)N=Cc2ccc(O)cc2)cc1. The highest BCUT2D eigenvalue weighted by molar-refractivity contribution is 8.04. The smallest absolute Gasteiger partial charge is 0.358 e. The first kappa shape index (κ1) is 33.3. The van der Waals surface area contributed by atoms with Gasteiger partial charge in [0.2, 0.25) is 0 Å².